The first-order valence-electron chi connectivity index (χ1n) is 4.04. The highest BCUT2D eigenvalue weighted by atomic mass is 32.2. The van der Waals surface area contributed by atoms with Gasteiger partial charge in [0.05, 0.1) is 0 Å². The molecule has 0 spiro atoms. The molecule has 0 aromatic carbocycles. The molecular weight excluding hydrogens is 182 g/mol. The van der Waals surface area contributed by atoms with E-state index in [4.69, 9.17) is 5.26 Å². The van der Waals surface area contributed by atoms with E-state index >= 15 is 0 Å². The summed E-state index contributed by atoms with van der Waals surface area (Å²) in [5.74, 6) is 0.655. The van der Waals surface area contributed by atoms with Gasteiger partial charge in [-0.2, -0.15) is 5.26 Å². The van der Waals surface area contributed by atoms with Crippen molar-refractivity contribution in [1.29, 1.82) is 5.26 Å². The van der Waals surface area contributed by atoms with Gasteiger partial charge in [0.15, 0.2) is 0 Å². The van der Waals surface area contributed by atoms with Crippen LogP contribution in [-0.4, -0.2) is 15.2 Å². The molecule has 68 valence electrons. The summed E-state index contributed by atoms with van der Waals surface area (Å²) in [7, 11) is 0. The molecule has 0 saturated heterocycles. The van der Waals surface area contributed by atoms with E-state index in [2.05, 4.69) is 23.8 Å². The zero-order valence-corrected chi connectivity index (χ0v) is 8.72. The molecule has 0 radical (unpaired) electrons. The van der Waals surface area contributed by atoms with E-state index in [1.54, 1.807) is 24.8 Å². The van der Waals surface area contributed by atoms with Gasteiger partial charge in [-0.3, -0.25) is 0 Å². The van der Waals surface area contributed by atoms with Crippen LogP contribution in [0.3, 0.4) is 0 Å². The van der Waals surface area contributed by atoms with Gasteiger partial charge in [-0.1, -0.05) is 13.8 Å². The number of nitrogens with zero attached hydrogens (tertiary/aromatic N) is 3. The average Bonchev–Trinajstić information content (AvgIpc) is 2.01. The molecule has 0 aliphatic carbocycles. The Morgan fingerprint density at radius 2 is 2.15 bits per heavy atom. The highest BCUT2D eigenvalue weighted by molar-refractivity contribution is 7.99. The fraction of sp³-hybridized carbons (Fsp3) is 0.444. The molecule has 1 aromatic rings. The van der Waals surface area contributed by atoms with E-state index in [1.165, 1.54) is 0 Å². The number of hydrogen-bond acceptors (Lipinski definition) is 4. The molecule has 1 heterocycles. The van der Waals surface area contributed by atoms with Crippen LogP contribution in [0.15, 0.2) is 11.1 Å². The Balaban J connectivity index is 2.96. The summed E-state index contributed by atoms with van der Waals surface area (Å²) in [6.45, 7) is 5.98. The van der Waals surface area contributed by atoms with Crippen molar-refractivity contribution < 1.29 is 0 Å². The van der Waals surface area contributed by atoms with Crippen molar-refractivity contribution >= 4 is 11.8 Å². The highest BCUT2D eigenvalue weighted by Gasteiger charge is 2.03. The normalized spacial score (nSPS) is 10.1. The Labute approximate surface area is 82.2 Å². The van der Waals surface area contributed by atoms with Gasteiger partial charge in [0.1, 0.15) is 22.6 Å². The van der Waals surface area contributed by atoms with Crippen LogP contribution in [0.5, 0.6) is 0 Å². The van der Waals surface area contributed by atoms with Gasteiger partial charge in [-0.15, -0.1) is 11.8 Å². The van der Waals surface area contributed by atoms with Gasteiger partial charge in [0, 0.05) is 11.3 Å². The molecule has 0 aliphatic heterocycles. The van der Waals surface area contributed by atoms with Crippen molar-refractivity contribution in [3.63, 3.8) is 0 Å². The van der Waals surface area contributed by atoms with Crippen molar-refractivity contribution in [2.24, 2.45) is 0 Å². The minimum Gasteiger partial charge on any atom is -0.227 e. The Morgan fingerprint density at radius 1 is 1.46 bits per heavy atom. The predicted octanol–water partition coefficient (Wildman–Crippen LogP) is 2.16. The minimum atomic E-state index is 0.440. The Hall–Kier alpha value is -1.08. The second-order valence-electron chi connectivity index (χ2n) is 2.92. The van der Waals surface area contributed by atoms with E-state index in [-0.39, 0.29) is 0 Å². The van der Waals surface area contributed by atoms with E-state index in [9.17, 15) is 0 Å². The lowest BCUT2D eigenvalue weighted by Gasteiger charge is -2.04. The van der Waals surface area contributed by atoms with Crippen LogP contribution < -0.4 is 0 Å². The van der Waals surface area contributed by atoms with Crippen molar-refractivity contribution in [3.8, 4) is 6.07 Å². The number of nitriles is 1. The molecule has 0 N–H and O–H groups in total. The Bertz CT molecular complexity index is 341. The van der Waals surface area contributed by atoms with Crippen LogP contribution in [0.1, 0.15) is 25.4 Å². The summed E-state index contributed by atoms with van der Waals surface area (Å²) in [5.41, 5.74) is 0.440. The lowest BCUT2D eigenvalue weighted by Crippen LogP contribution is -1.95. The third-order valence-corrected chi connectivity index (χ3v) is 2.21. The molecule has 0 amide bonds. The van der Waals surface area contributed by atoms with Crippen molar-refractivity contribution in [2.75, 3.05) is 0 Å². The maximum Gasteiger partial charge on any atom is 0.145 e. The average molecular weight is 193 g/mol. The molecule has 0 fully saturated rings. The second kappa shape index (κ2) is 4.24. The van der Waals surface area contributed by atoms with Crippen LogP contribution in [0.2, 0.25) is 0 Å². The Morgan fingerprint density at radius 3 is 2.69 bits per heavy atom. The zero-order chi connectivity index (χ0) is 9.84. The first kappa shape index (κ1) is 10.0. The summed E-state index contributed by atoms with van der Waals surface area (Å²) < 4.78 is 0. The van der Waals surface area contributed by atoms with Gasteiger partial charge in [0.2, 0.25) is 0 Å². The van der Waals surface area contributed by atoms with Crippen LogP contribution in [-0.2, 0) is 0 Å². The highest BCUT2D eigenvalue weighted by Crippen LogP contribution is 2.20. The third kappa shape index (κ3) is 3.03. The van der Waals surface area contributed by atoms with Gasteiger partial charge < -0.3 is 0 Å². The maximum absolute atomic E-state index is 8.67. The maximum atomic E-state index is 8.67. The van der Waals surface area contributed by atoms with Gasteiger partial charge >= 0.3 is 0 Å². The van der Waals surface area contributed by atoms with E-state index < -0.39 is 0 Å². The molecule has 4 heteroatoms. The number of thioether (sulfide) groups is 1. The molecule has 0 unspecified atom stereocenters. The molecule has 0 atom stereocenters. The SMILES string of the molecule is Cc1nc(C#N)cc(SC(C)C)n1. The number of aromatic nitrogens is 2. The smallest absolute Gasteiger partial charge is 0.145 e. The number of aryl methyl sites for hydroxylation is 1. The van der Waals surface area contributed by atoms with Crippen molar-refractivity contribution in [3.05, 3.63) is 17.6 Å². The zero-order valence-electron chi connectivity index (χ0n) is 7.90. The molecule has 1 rings (SSSR count). The summed E-state index contributed by atoms with van der Waals surface area (Å²) in [4.78, 5) is 8.20. The molecule has 3 nitrogen and oxygen atoms in total. The first-order valence-corrected chi connectivity index (χ1v) is 4.92. The van der Waals surface area contributed by atoms with Crippen molar-refractivity contribution in [1.82, 2.24) is 9.97 Å². The summed E-state index contributed by atoms with van der Waals surface area (Å²) >= 11 is 1.64. The largest absolute Gasteiger partial charge is 0.227 e. The fourth-order valence-electron chi connectivity index (χ4n) is 0.899. The third-order valence-electron chi connectivity index (χ3n) is 1.29. The van der Waals surface area contributed by atoms with Gasteiger partial charge in [-0.25, -0.2) is 9.97 Å². The van der Waals surface area contributed by atoms with Crippen LogP contribution in [0, 0.1) is 18.3 Å². The molecule has 13 heavy (non-hydrogen) atoms. The minimum absolute atomic E-state index is 0.440. The van der Waals surface area contributed by atoms with Crippen molar-refractivity contribution in [2.45, 2.75) is 31.0 Å². The van der Waals surface area contributed by atoms with E-state index in [0.29, 0.717) is 16.8 Å². The predicted molar refractivity (Wildman–Crippen MR) is 52.5 cm³/mol. The summed E-state index contributed by atoms with van der Waals surface area (Å²) in [6, 6.07) is 3.74. The standard InChI is InChI=1S/C9H11N3S/c1-6(2)13-9-4-8(5-10)11-7(3)12-9/h4,6H,1-3H3. The molecular formula is C9H11N3S. The first-order chi connectivity index (χ1) is 6.11. The molecule has 1 aromatic heterocycles. The van der Waals surface area contributed by atoms with Gasteiger partial charge in [0.25, 0.3) is 0 Å². The van der Waals surface area contributed by atoms with Crippen LogP contribution in [0.4, 0.5) is 0 Å². The lowest BCUT2D eigenvalue weighted by molar-refractivity contribution is 0.948. The molecule has 0 saturated carbocycles. The van der Waals surface area contributed by atoms with Crippen LogP contribution in [0.25, 0.3) is 0 Å². The molecule has 0 aliphatic rings. The topological polar surface area (TPSA) is 49.6 Å². The Kier molecular flexibility index (Phi) is 3.26. The summed E-state index contributed by atoms with van der Waals surface area (Å²) in [5, 5.41) is 10.0. The number of rotatable bonds is 2. The quantitative estimate of drug-likeness (QED) is 0.533. The molecule has 0 bridgehead atoms. The lowest BCUT2D eigenvalue weighted by atomic mass is 10.4. The van der Waals surface area contributed by atoms with Crippen LogP contribution >= 0.6 is 11.8 Å². The van der Waals surface area contributed by atoms with E-state index in [1.807, 2.05) is 6.07 Å². The fourth-order valence-corrected chi connectivity index (χ4v) is 1.75. The second-order valence-corrected chi connectivity index (χ2v) is 4.51. The summed E-state index contributed by atoms with van der Waals surface area (Å²) in [6.07, 6.45) is 0. The van der Waals surface area contributed by atoms with Gasteiger partial charge in [-0.05, 0) is 6.92 Å². The van der Waals surface area contributed by atoms with E-state index in [0.717, 1.165) is 5.03 Å². The monoisotopic (exact) mass is 193 g/mol. The number of hydrogen-bond donors (Lipinski definition) is 0.